The van der Waals surface area contributed by atoms with Crippen molar-refractivity contribution >= 4 is 49.3 Å². The Kier molecular flexibility index (Phi) is 6.16. The second-order valence-corrected chi connectivity index (χ2v) is 11.3. The van der Waals surface area contributed by atoms with E-state index in [0.717, 1.165) is 16.6 Å². The van der Waals surface area contributed by atoms with E-state index in [0.29, 0.717) is 66.2 Å². The quantitative estimate of drug-likeness (QED) is 0.220. The lowest BCUT2D eigenvalue weighted by molar-refractivity contribution is -0.125. The van der Waals surface area contributed by atoms with Crippen molar-refractivity contribution in [2.75, 3.05) is 31.0 Å². The Morgan fingerprint density at radius 3 is 2.72 bits per heavy atom. The number of fused-ring (bicyclic) bond motifs is 4. The Bertz CT molecular complexity index is 1620. The highest BCUT2D eigenvalue weighted by Crippen LogP contribution is 2.37. The van der Waals surface area contributed by atoms with E-state index in [1.165, 1.54) is 12.6 Å². The number of H-pyrrole nitrogens is 3. The van der Waals surface area contributed by atoms with Gasteiger partial charge in [0.15, 0.2) is 0 Å². The molecule has 1 amide bonds. The van der Waals surface area contributed by atoms with Crippen LogP contribution in [0.3, 0.4) is 0 Å². The van der Waals surface area contributed by atoms with E-state index in [-0.39, 0.29) is 23.3 Å². The zero-order valence-corrected chi connectivity index (χ0v) is 20.7. The predicted octanol–water partition coefficient (Wildman–Crippen LogP) is 1.54. The van der Waals surface area contributed by atoms with Gasteiger partial charge >= 0.3 is 5.69 Å². The Labute approximate surface area is 206 Å². The molecule has 12 nitrogen and oxygen atoms in total. The van der Waals surface area contributed by atoms with Gasteiger partial charge in [0.05, 0.1) is 35.0 Å². The third-order valence-corrected chi connectivity index (χ3v) is 7.46. The molecule has 1 aliphatic carbocycles. The van der Waals surface area contributed by atoms with Gasteiger partial charge in [0, 0.05) is 30.5 Å². The predicted molar refractivity (Wildman–Crippen MR) is 135 cm³/mol. The first-order valence-electron chi connectivity index (χ1n) is 11.6. The van der Waals surface area contributed by atoms with Crippen molar-refractivity contribution in [2.24, 2.45) is 5.92 Å². The number of hydrogen-bond donors (Lipinski definition) is 5. The summed E-state index contributed by atoms with van der Waals surface area (Å²) in [6, 6.07) is 3.50. The van der Waals surface area contributed by atoms with Crippen LogP contribution in [0.5, 0.6) is 5.75 Å². The maximum absolute atomic E-state index is 12.8. The minimum Gasteiger partial charge on any atom is -0.494 e. The molecule has 1 atom stereocenters. The number of aryl methyl sites for hydroxylation is 1. The van der Waals surface area contributed by atoms with Gasteiger partial charge in [0.25, 0.3) is 0 Å². The molecule has 5 N–H and O–H groups in total. The number of methoxy groups -OCH3 is 1. The number of aromatic amines is 3. The largest absolute Gasteiger partial charge is 0.494 e. The van der Waals surface area contributed by atoms with E-state index >= 15 is 0 Å². The molecule has 0 spiro atoms. The average Bonchev–Trinajstić information content (AvgIpc) is 3.39. The van der Waals surface area contributed by atoms with Gasteiger partial charge in [0.2, 0.25) is 5.91 Å². The summed E-state index contributed by atoms with van der Waals surface area (Å²) in [5.41, 5.74) is 4.22. The molecular weight excluding hydrogens is 486 g/mol. The summed E-state index contributed by atoms with van der Waals surface area (Å²) in [7, 11) is -1.51. The summed E-state index contributed by atoms with van der Waals surface area (Å²) >= 11 is 0. The van der Waals surface area contributed by atoms with Crippen molar-refractivity contribution < 1.29 is 17.9 Å². The molecule has 0 bridgehead atoms. The highest BCUT2D eigenvalue weighted by Gasteiger charge is 2.29. The molecule has 1 aliphatic rings. The number of nitrogens with one attached hydrogen (secondary N) is 5. The molecule has 0 radical (unpaired) electrons. The zero-order chi connectivity index (χ0) is 25.4. The fourth-order valence-corrected chi connectivity index (χ4v) is 5.38. The normalized spacial score (nSPS) is 15.7. The molecule has 0 unspecified atom stereocenters. The van der Waals surface area contributed by atoms with Gasteiger partial charge in [0.1, 0.15) is 33.4 Å². The molecule has 0 saturated carbocycles. The molecule has 0 fully saturated rings. The minimum absolute atomic E-state index is 0.0445. The van der Waals surface area contributed by atoms with Crippen LogP contribution in [-0.4, -0.2) is 64.9 Å². The number of aromatic nitrogens is 5. The number of rotatable bonds is 8. The van der Waals surface area contributed by atoms with E-state index in [9.17, 15) is 18.0 Å². The Balaban J connectivity index is 1.41. The van der Waals surface area contributed by atoms with Crippen LogP contribution in [0.4, 0.5) is 11.5 Å². The number of carbonyl (C=O) groups excluding carboxylic acids is 1. The topological polar surface area (TPSA) is 175 Å². The van der Waals surface area contributed by atoms with Crippen LogP contribution in [0, 0.1) is 5.92 Å². The van der Waals surface area contributed by atoms with Gasteiger partial charge in [-0.15, -0.1) is 0 Å². The fourth-order valence-electron chi connectivity index (χ4n) is 4.71. The summed E-state index contributed by atoms with van der Waals surface area (Å²) < 4.78 is 28.2. The van der Waals surface area contributed by atoms with Crippen molar-refractivity contribution in [1.29, 1.82) is 0 Å². The third-order valence-electron chi connectivity index (χ3n) is 6.43. The number of anilines is 2. The number of hydrogen-bond acceptors (Lipinski definition) is 8. The van der Waals surface area contributed by atoms with Crippen molar-refractivity contribution in [2.45, 2.75) is 25.7 Å². The third kappa shape index (κ3) is 4.78. The smallest absolute Gasteiger partial charge is 0.323 e. The highest BCUT2D eigenvalue weighted by molar-refractivity contribution is 7.90. The second-order valence-electron chi connectivity index (χ2n) is 9.04. The molecule has 4 aromatic rings. The van der Waals surface area contributed by atoms with Crippen molar-refractivity contribution in [1.82, 2.24) is 30.2 Å². The number of benzene rings is 1. The number of nitrogens with zero attached hydrogens (tertiary/aromatic N) is 2. The molecule has 1 aromatic carbocycles. The first-order valence-corrected chi connectivity index (χ1v) is 13.6. The number of amides is 1. The molecule has 190 valence electrons. The Hall–Kier alpha value is -3.87. The maximum Gasteiger partial charge on any atom is 0.323 e. The summed E-state index contributed by atoms with van der Waals surface area (Å²) in [5, 5.41) is 6.99. The van der Waals surface area contributed by atoms with Crippen LogP contribution >= 0.6 is 0 Å². The van der Waals surface area contributed by atoms with E-state index in [4.69, 9.17) is 4.74 Å². The van der Waals surface area contributed by atoms with Gasteiger partial charge < -0.3 is 30.3 Å². The van der Waals surface area contributed by atoms with Crippen LogP contribution in [0.2, 0.25) is 0 Å². The van der Waals surface area contributed by atoms with Crippen molar-refractivity contribution in [3.63, 3.8) is 0 Å². The molecule has 36 heavy (non-hydrogen) atoms. The van der Waals surface area contributed by atoms with Gasteiger partial charge in [-0.3, -0.25) is 4.79 Å². The van der Waals surface area contributed by atoms with E-state index < -0.39 is 9.84 Å². The molecule has 3 heterocycles. The number of imidazole rings is 1. The summed E-state index contributed by atoms with van der Waals surface area (Å²) in [6.45, 7) is 0.322. The SMILES string of the molecule is COc1cc2[nH]c(=O)[nH]c2cc1Nc1ncnc2[nH]c3c(c12)C[C@@H](C(=O)NCCCS(C)(=O)=O)CC3. The molecule has 0 aliphatic heterocycles. The summed E-state index contributed by atoms with van der Waals surface area (Å²) in [4.78, 5) is 42.2. The van der Waals surface area contributed by atoms with Crippen LogP contribution in [0.1, 0.15) is 24.1 Å². The van der Waals surface area contributed by atoms with E-state index in [1.807, 2.05) is 0 Å². The molecule has 13 heteroatoms. The minimum atomic E-state index is -3.05. The van der Waals surface area contributed by atoms with E-state index in [1.54, 1.807) is 19.2 Å². The lowest BCUT2D eigenvalue weighted by atomic mass is 9.86. The van der Waals surface area contributed by atoms with Crippen LogP contribution in [0.25, 0.3) is 22.1 Å². The Morgan fingerprint density at radius 1 is 1.19 bits per heavy atom. The van der Waals surface area contributed by atoms with Gasteiger partial charge in [-0.1, -0.05) is 0 Å². The standard InChI is InChI=1S/C23H27N7O5S/c1-35-18-10-16-15(29-23(32)30-16)9-17(18)28-21-19-13-8-12(22(31)24-6-3-7-36(2,33)34)4-5-14(13)27-20(19)25-11-26-21/h9-12H,3-8H2,1-2H3,(H,24,31)(H2,29,30,32)(H2,25,26,27,28)/t12-/m0/s1. The van der Waals surface area contributed by atoms with Gasteiger partial charge in [-0.25, -0.2) is 23.2 Å². The highest BCUT2D eigenvalue weighted by atomic mass is 32.2. The van der Waals surface area contributed by atoms with Crippen LogP contribution < -0.4 is 21.1 Å². The lowest BCUT2D eigenvalue weighted by Crippen LogP contribution is -2.35. The summed E-state index contributed by atoms with van der Waals surface area (Å²) in [5.74, 6) is 0.808. The fraction of sp³-hybridized carbons (Fsp3) is 0.391. The second kappa shape index (κ2) is 9.30. The molecular formula is C23H27N7O5S. The van der Waals surface area contributed by atoms with Crippen LogP contribution in [-0.2, 0) is 27.5 Å². The first-order chi connectivity index (χ1) is 17.2. The number of ether oxygens (including phenoxy) is 1. The average molecular weight is 514 g/mol. The zero-order valence-electron chi connectivity index (χ0n) is 19.9. The maximum atomic E-state index is 12.8. The van der Waals surface area contributed by atoms with E-state index in [2.05, 4.69) is 35.6 Å². The number of carbonyl (C=O) groups is 1. The number of sulfone groups is 1. The van der Waals surface area contributed by atoms with Gasteiger partial charge in [-0.2, -0.15) is 0 Å². The molecule has 5 rings (SSSR count). The summed E-state index contributed by atoms with van der Waals surface area (Å²) in [6.07, 6.45) is 4.91. The van der Waals surface area contributed by atoms with Gasteiger partial charge in [-0.05, 0) is 37.3 Å². The van der Waals surface area contributed by atoms with Crippen LogP contribution in [0.15, 0.2) is 23.3 Å². The van der Waals surface area contributed by atoms with Crippen molar-refractivity contribution in [3.8, 4) is 5.75 Å². The Morgan fingerprint density at radius 2 is 1.97 bits per heavy atom. The first kappa shape index (κ1) is 23.9. The molecule has 0 saturated heterocycles. The lowest BCUT2D eigenvalue weighted by Gasteiger charge is -2.22. The molecule has 3 aromatic heterocycles. The van der Waals surface area contributed by atoms with Crippen molar-refractivity contribution in [3.05, 3.63) is 40.2 Å². The monoisotopic (exact) mass is 513 g/mol.